The number of anilines is 1. The second-order valence-electron chi connectivity index (χ2n) is 3.71. The molecule has 0 bridgehead atoms. The molecule has 1 heterocycles. The summed E-state index contributed by atoms with van der Waals surface area (Å²) in [5.74, 6) is 0.246. The molecule has 0 amide bonds. The molecule has 16 heavy (non-hydrogen) atoms. The topological polar surface area (TPSA) is 51.2 Å². The molecule has 1 aromatic rings. The Morgan fingerprint density at radius 1 is 1.69 bits per heavy atom. The first-order chi connectivity index (χ1) is 7.81. The van der Waals surface area contributed by atoms with Crippen molar-refractivity contribution in [2.75, 3.05) is 11.9 Å². The molecule has 1 saturated carbocycles. The monoisotopic (exact) mass is 218 g/mol. The lowest BCUT2D eigenvalue weighted by Gasteiger charge is -2.08. The number of carbonyl (C=O) groups excluding carboxylic acids is 1. The zero-order valence-electron chi connectivity index (χ0n) is 8.98. The van der Waals surface area contributed by atoms with Crippen LogP contribution in [-0.4, -0.2) is 23.6 Å². The number of carbonyl (C=O) groups is 1. The fourth-order valence-electron chi connectivity index (χ4n) is 1.32. The summed E-state index contributed by atoms with van der Waals surface area (Å²) in [5, 5.41) is 3.20. The number of nitrogens with zero attached hydrogens (tertiary/aromatic N) is 1. The Labute approximate surface area is 94.3 Å². The van der Waals surface area contributed by atoms with Crippen LogP contribution in [-0.2, 0) is 4.74 Å². The first kappa shape index (κ1) is 10.7. The van der Waals surface area contributed by atoms with E-state index in [1.807, 2.05) is 0 Å². The van der Waals surface area contributed by atoms with Crippen molar-refractivity contribution < 1.29 is 9.53 Å². The highest BCUT2D eigenvalue weighted by molar-refractivity contribution is 5.94. The van der Waals surface area contributed by atoms with Gasteiger partial charge < -0.3 is 10.1 Å². The Bertz CT molecular complexity index is 400. The molecule has 0 spiro atoms. The summed E-state index contributed by atoms with van der Waals surface area (Å²) in [7, 11) is 0. The van der Waals surface area contributed by atoms with Crippen LogP contribution in [0.25, 0.3) is 0 Å². The number of hydrogen-bond acceptors (Lipinski definition) is 4. The van der Waals surface area contributed by atoms with Gasteiger partial charge in [0.05, 0.1) is 0 Å². The molecule has 0 aromatic carbocycles. The molecule has 0 unspecified atom stereocenters. The molecule has 1 fully saturated rings. The van der Waals surface area contributed by atoms with Gasteiger partial charge in [-0.3, -0.25) is 0 Å². The summed E-state index contributed by atoms with van der Waals surface area (Å²) in [5.41, 5.74) is 0.483. The minimum Gasteiger partial charge on any atom is -0.458 e. The maximum absolute atomic E-state index is 11.7. The summed E-state index contributed by atoms with van der Waals surface area (Å²) < 4.78 is 4.98. The zero-order valence-corrected chi connectivity index (χ0v) is 8.98. The van der Waals surface area contributed by atoms with E-state index in [0.717, 1.165) is 12.8 Å². The van der Waals surface area contributed by atoms with Gasteiger partial charge in [0.2, 0.25) is 0 Å². The molecule has 4 nitrogen and oxygen atoms in total. The minimum atomic E-state index is -0.365. The summed E-state index contributed by atoms with van der Waals surface area (Å²) in [6, 6.07) is 3.90. The second kappa shape index (κ2) is 4.79. The van der Waals surface area contributed by atoms with E-state index in [0.29, 0.717) is 17.4 Å². The van der Waals surface area contributed by atoms with Crippen molar-refractivity contribution in [3.05, 3.63) is 36.5 Å². The first-order valence-electron chi connectivity index (χ1n) is 5.31. The van der Waals surface area contributed by atoms with Gasteiger partial charge in [0.15, 0.2) is 0 Å². The van der Waals surface area contributed by atoms with E-state index in [1.54, 1.807) is 24.4 Å². The SMILES string of the molecule is C=CCOC(=O)c1cccnc1NC1CC1. The van der Waals surface area contributed by atoms with Crippen molar-refractivity contribution in [1.82, 2.24) is 4.98 Å². The van der Waals surface area contributed by atoms with E-state index in [4.69, 9.17) is 4.74 Å². The van der Waals surface area contributed by atoms with Crippen molar-refractivity contribution in [2.45, 2.75) is 18.9 Å². The molecule has 0 radical (unpaired) electrons. The molecular formula is C12H14N2O2. The minimum absolute atomic E-state index is 0.219. The van der Waals surface area contributed by atoms with Crippen molar-refractivity contribution in [3.63, 3.8) is 0 Å². The summed E-state index contributed by atoms with van der Waals surface area (Å²) in [6.45, 7) is 3.72. The number of ether oxygens (including phenoxy) is 1. The molecular weight excluding hydrogens is 204 g/mol. The van der Waals surface area contributed by atoms with E-state index in [2.05, 4.69) is 16.9 Å². The number of esters is 1. The molecule has 0 atom stereocenters. The highest BCUT2D eigenvalue weighted by Crippen LogP contribution is 2.25. The largest absolute Gasteiger partial charge is 0.458 e. The molecule has 4 heteroatoms. The molecule has 2 rings (SSSR count). The van der Waals surface area contributed by atoms with Gasteiger partial charge in [-0.2, -0.15) is 0 Å². The molecule has 0 aliphatic heterocycles. The molecule has 1 N–H and O–H groups in total. The fraction of sp³-hybridized carbons (Fsp3) is 0.333. The predicted octanol–water partition coefficient (Wildman–Crippen LogP) is 2.00. The van der Waals surface area contributed by atoms with Gasteiger partial charge in [0, 0.05) is 12.2 Å². The number of nitrogens with one attached hydrogen (secondary N) is 1. The summed E-state index contributed by atoms with van der Waals surface area (Å²) in [6.07, 6.45) is 5.48. The Morgan fingerprint density at radius 3 is 3.19 bits per heavy atom. The molecule has 0 saturated heterocycles. The van der Waals surface area contributed by atoms with E-state index < -0.39 is 0 Å². The van der Waals surface area contributed by atoms with Crippen molar-refractivity contribution in [3.8, 4) is 0 Å². The Morgan fingerprint density at radius 2 is 2.50 bits per heavy atom. The van der Waals surface area contributed by atoms with Crippen LogP contribution in [0, 0.1) is 0 Å². The van der Waals surface area contributed by atoms with Crippen LogP contribution in [0.4, 0.5) is 5.82 Å². The average molecular weight is 218 g/mol. The van der Waals surface area contributed by atoms with Crippen molar-refractivity contribution in [2.24, 2.45) is 0 Å². The van der Waals surface area contributed by atoms with Crippen LogP contribution in [0.2, 0.25) is 0 Å². The van der Waals surface area contributed by atoms with Gasteiger partial charge in [-0.15, -0.1) is 0 Å². The number of hydrogen-bond donors (Lipinski definition) is 1. The highest BCUT2D eigenvalue weighted by Gasteiger charge is 2.24. The Hall–Kier alpha value is -1.84. The molecule has 1 aromatic heterocycles. The predicted molar refractivity (Wildman–Crippen MR) is 61.4 cm³/mol. The summed E-state index contributed by atoms with van der Waals surface area (Å²) >= 11 is 0. The van der Waals surface area contributed by atoms with Gasteiger partial charge in [-0.25, -0.2) is 9.78 Å². The van der Waals surface area contributed by atoms with Gasteiger partial charge in [0.1, 0.15) is 18.0 Å². The average Bonchev–Trinajstić information content (AvgIpc) is 3.10. The van der Waals surface area contributed by atoms with Crippen LogP contribution in [0.15, 0.2) is 31.0 Å². The van der Waals surface area contributed by atoms with Crippen molar-refractivity contribution >= 4 is 11.8 Å². The summed E-state index contributed by atoms with van der Waals surface area (Å²) in [4.78, 5) is 15.8. The van der Waals surface area contributed by atoms with Crippen LogP contribution >= 0.6 is 0 Å². The van der Waals surface area contributed by atoms with E-state index >= 15 is 0 Å². The van der Waals surface area contributed by atoms with E-state index in [1.165, 1.54) is 0 Å². The van der Waals surface area contributed by atoms with Gasteiger partial charge in [-0.05, 0) is 25.0 Å². The Kier molecular flexibility index (Phi) is 3.19. The fourth-order valence-corrected chi connectivity index (χ4v) is 1.32. The third kappa shape index (κ3) is 2.59. The third-order valence-corrected chi connectivity index (χ3v) is 2.28. The first-order valence-corrected chi connectivity index (χ1v) is 5.31. The van der Waals surface area contributed by atoms with Crippen molar-refractivity contribution in [1.29, 1.82) is 0 Å². The van der Waals surface area contributed by atoms with Crippen LogP contribution in [0.3, 0.4) is 0 Å². The number of rotatable bonds is 5. The lowest BCUT2D eigenvalue weighted by molar-refractivity contribution is 0.0550. The maximum Gasteiger partial charge on any atom is 0.342 e. The van der Waals surface area contributed by atoms with Gasteiger partial charge >= 0.3 is 5.97 Å². The van der Waals surface area contributed by atoms with Crippen LogP contribution in [0.5, 0.6) is 0 Å². The van der Waals surface area contributed by atoms with Crippen LogP contribution < -0.4 is 5.32 Å². The quantitative estimate of drug-likeness (QED) is 0.606. The molecule has 1 aliphatic carbocycles. The molecule has 1 aliphatic rings. The van der Waals surface area contributed by atoms with Gasteiger partial charge in [0.25, 0.3) is 0 Å². The molecule has 84 valence electrons. The maximum atomic E-state index is 11.7. The Balaban J connectivity index is 2.10. The standard InChI is InChI=1S/C12H14N2O2/c1-2-8-16-12(15)10-4-3-7-13-11(10)14-9-5-6-9/h2-4,7,9H,1,5-6,8H2,(H,13,14). The number of aromatic nitrogens is 1. The van der Waals surface area contributed by atoms with E-state index in [-0.39, 0.29) is 12.6 Å². The normalized spacial score (nSPS) is 14.2. The van der Waals surface area contributed by atoms with Gasteiger partial charge in [-0.1, -0.05) is 12.7 Å². The van der Waals surface area contributed by atoms with E-state index in [9.17, 15) is 4.79 Å². The number of pyridine rings is 1. The van der Waals surface area contributed by atoms with Crippen LogP contribution in [0.1, 0.15) is 23.2 Å². The lowest BCUT2D eigenvalue weighted by atomic mass is 10.2. The lowest BCUT2D eigenvalue weighted by Crippen LogP contribution is -2.12. The zero-order chi connectivity index (χ0) is 11.4. The third-order valence-electron chi connectivity index (χ3n) is 2.28. The smallest absolute Gasteiger partial charge is 0.342 e. The second-order valence-corrected chi connectivity index (χ2v) is 3.71. The highest BCUT2D eigenvalue weighted by atomic mass is 16.5.